The lowest BCUT2D eigenvalue weighted by Crippen LogP contribution is -2.38. The van der Waals surface area contributed by atoms with Gasteiger partial charge in [0.25, 0.3) is 0 Å². The Kier molecular flexibility index (Phi) is 3.98. The Labute approximate surface area is 136 Å². The molecule has 1 N–H and O–H groups in total. The summed E-state index contributed by atoms with van der Waals surface area (Å²) in [5, 5.41) is 13.5. The van der Waals surface area contributed by atoms with Crippen molar-refractivity contribution in [1.82, 2.24) is 9.78 Å². The van der Waals surface area contributed by atoms with Crippen molar-refractivity contribution in [1.29, 1.82) is 0 Å². The van der Waals surface area contributed by atoms with E-state index in [1.807, 2.05) is 13.0 Å². The van der Waals surface area contributed by atoms with E-state index in [0.29, 0.717) is 12.2 Å². The summed E-state index contributed by atoms with van der Waals surface area (Å²) in [7, 11) is 0. The van der Waals surface area contributed by atoms with Gasteiger partial charge >= 0.3 is 6.18 Å². The molecule has 2 aromatic rings. The molecule has 8 heteroatoms. The molecule has 1 aliphatic rings. The van der Waals surface area contributed by atoms with Gasteiger partial charge in [0.15, 0.2) is 5.69 Å². The molecule has 5 nitrogen and oxygen atoms in total. The molecule has 0 saturated carbocycles. The van der Waals surface area contributed by atoms with Crippen LogP contribution >= 0.6 is 0 Å². The average Bonchev–Trinajstić information content (AvgIpc) is 2.97. The highest BCUT2D eigenvalue weighted by atomic mass is 19.4. The zero-order valence-electron chi connectivity index (χ0n) is 12.9. The largest absolute Gasteiger partial charge is 0.506 e. The maximum Gasteiger partial charge on any atom is 0.435 e. The molecule has 0 aliphatic carbocycles. The molecule has 1 unspecified atom stereocenters. The van der Waals surface area contributed by atoms with Crippen LogP contribution in [0, 0.1) is 0 Å². The van der Waals surface area contributed by atoms with E-state index in [0.717, 1.165) is 28.9 Å². The van der Waals surface area contributed by atoms with Gasteiger partial charge in [-0.1, -0.05) is 19.1 Å². The Morgan fingerprint density at radius 2 is 2.12 bits per heavy atom. The van der Waals surface area contributed by atoms with E-state index in [1.165, 1.54) is 11.0 Å². The molecule has 1 atom stereocenters. The lowest BCUT2D eigenvalue weighted by Gasteiger charge is -2.33. The summed E-state index contributed by atoms with van der Waals surface area (Å²) in [6, 6.07) is 5.88. The van der Waals surface area contributed by atoms with Crippen molar-refractivity contribution in [2.75, 3.05) is 11.4 Å². The summed E-state index contributed by atoms with van der Waals surface area (Å²) in [5.74, 6) is -0.233. The molecule has 0 bridgehead atoms. The van der Waals surface area contributed by atoms with Crippen LogP contribution in [0.1, 0.15) is 30.5 Å². The maximum absolute atomic E-state index is 12.6. The van der Waals surface area contributed by atoms with Crippen LogP contribution in [0.2, 0.25) is 0 Å². The first-order chi connectivity index (χ1) is 11.3. The fraction of sp³-hybridized carbons (Fsp3) is 0.375. The molecule has 1 amide bonds. The van der Waals surface area contributed by atoms with E-state index in [4.69, 9.17) is 0 Å². The first kappa shape index (κ1) is 16.4. The van der Waals surface area contributed by atoms with Crippen LogP contribution in [0.15, 0.2) is 30.5 Å². The first-order valence-electron chi connectivity index (χ1n) is 7.50. The summed E-state index contributed by atoms with van der Waals surface area (Å²) < 4.78 is 38.7. The summed E-state index contributed by atoms with van der Waals surface area (Å²) in [5.41, 5.74) is 0.251. The zero-order valence-corrected chi connectivity index (χ0v) is 12.9. The Morgan fingerprint density at radius 1 is 1.38 bits per heavy atom. The lowest BCUT2D eigenvalue weighted by atomic mass is 9.91. The van der Waals surface area contributed by atoms with Gasteiger partial charge in [-0.3, -0.25) is 9.48 Å². The van der Waals surface area contributed by atoms with Crippen LogP contribution in [-0.2, 0) is 17.5 Å². The number of aromatic hydroxyl groups is 1. The second kappa shape index (κ2) is 5.85. The van der Waals surface area contributed by atoms with Crippen LogP contribution in [0.4, 0.5) is 18.9 Å². The number of carbonyl (C=O) groups is 1. The maximum atomic E-state index is 12.6. The van der Waals surface area contributed by atoms with Gasteiger partial charge in [-0.2, -0.15) is 18.3 Å². The van der Waals surface area contributed by atoms with E-state index >= 15 is 0 Å². The van der Waals surface area contributed by atoms with Crippen molar-refractivity contribution in [2.45, 2.75) is 32.0 Å². The molecule has 0 fully saturated rings. The molecular formula is C16H16F3N3O2. The minimum Gasteiger partial charge on any atom is -0.506 e. The molecular weight excluding hydrogens is 323 g/mol. The second-order valence-electron chi connectivity index (χ2n) is 5.85. The van der Waals surface area contributed by atoms with Gasteiger partial charge in [-0.25, -0.2) is 0 Å². The molecule has 0 saturated heterocycles. The molecule has 1 aliphatic heterocycles. The Hall–Kier alpha value is -2.51. The number of alkyl halides is 3. The van der Waals surface area contributed by atoms with Gasteiger partial charge in [0.05, 0.1) is 5.69 Å². The number of halogens is 3. The highest BCUT2D eigenvalue weighted by molar-refractivity contribution is 5.96. The van der Waals surface area contributed by atoms with Crippen LogP contribution in [0.25, 0.3) is 0 Å². The average molecular weight is 339 g/mol. The summed E-state index contributed by atoms with van der Waals surface area (Å²) in [6.07, 6.45) is -2.70. The highest BCUT2D eigenvalue weighted by Gasteiger charge is 2.34. The van der Waals surface area contributed by atoms with Gasteiger partial charge < -0.3 is 10.0 Å². The SMILES string of the molecule is CC1CCN(C(=O)Cn2ccc(C(F)(F)F)n2)c2c(O)cccc21. The molecule has 3 rings (SSSR count). The molecule has 0 radical (unpaired) electrons. The Bertz CT molecular complexity index is 770. The van der Waals surface area contributed by atoms with Crippen molar-refractivity contribution in [3.05, 3.63) is 41.7 Å². The van der Waals surface area contributed by atoms with E-state index in [-0.39, 0.29) is 18.2 Å². The fourth-order valence-corrected chi connectivity index (χ4v) is 2.90. The van der Waals surface area contributed by atoms with Crippen molar-refractivity contribution >= 4 is 11.6 Å². The number of rotatable bonds is 2. The second-order valence-corrected chi connectivity index (χ2v) is 5.85. The van der Waals surface area contributed by atoms with Gasteiger partial charge in [0.1, 0.15) is 12.3 Å². The molecule has 2 heterocycles. The van der Waals surface area contributed by atoms with Crippen molar-refractivity contribution < 1.29 is 23.1 Å². The van der Waals surface area contributed by atoms with Gasteiger partial charge in [-0.15, -0.1) is 0 Å². The summed E-state index contributed by atoms with van der Waals surface area (Å²) in [4.78, 5) is 13.9. The lowest BCUT2D eigenvalue weighted by molar-refractivity contribution is -0.141. The van der Waals surface area contributed by atoms with Gasteiger partial charge in [0, 0.05) is 12.7 Å². The van der Waals surface area contributed by atoms with E-state index in [1.54, 1.807) is 6.07 Å². The molecule has 1 aromatic carbocycles. The number of aromatic nitrogens is 2. The minimum atomic E-state index is -4.54. The van der Waals surface area contributed by atoms with Crippen LogP contribution in [-0.4, -0.2) is 27.3 Å². The number of phenols is 1. The van der Waals surface area contributed by atoms with Crippen molar-refractivity contribution in [3.8, 4) is 5.75 Å². The van der Waals surface area contributed by atoms with Gasteiger partial charge in [0.2, 0.25) is 5.91 Å². The third kappa shape index (κ3) is 2.95. The van der Waals surface area contributed by atoms with Gasteiger partial charge in [-0.05, 0) is 30.0 Å². The first-order valence-corrected chi connectivity index (χ1v) is 7.50. The van der Waals surface area contributed by atoms with E-state index in [9.17, 15) is 23.1 Å². The molecule has 1 aromatic heterocycles. The Balaban J connectivity index is 1.84. The number of carbonyl (C=O) groups excluding carboxylic acids is 1. The smallest absolute Gasteiger partial charge is 0.435 e. The number of fused-ring (bicyclic) bond motifs is 1. The highest BCUT2D eigenvalue weighted by Crippen LogP contribution is 2.40. The normalized spacial score (nSPS) is 17.7. The topological polar surface area (TPSA) is 58.4 Å². The molecule has 0 spiro atoms. The molecule has 24 heavy (non-hydrogen) atoms. The predicted octanol–water partition coefficient (Wildman–Crippen LogP) is 3.15. The zero-order chi connectivity index (χ0) is 17.5. The number of anilines is 1. The van der Waals surface area contributed by atoms with Crippen LogP contribution in [0.5, 0.6) is 5.75 Å². The number of amides is 1. The van der Waals surface area contributed by atoms with Crippen molar-refractivity contribution in [2.24, 2.45) is 0 Å². The third-order valence-electron chi connectivity index (χ3n) is 4.16. The number of phenolic OH excluding ortho intramolecular Hbond substituents is 1. The summed E-state index contributed by atoms with van der Waals surface area (Å²) in [6.45, 7) is 2.08. The van der Waals surface area contributed by atoms with Crippen LogP contribution in [0.3, 0.4) is 0 Å². The van der Waals surface area contributed by atoms with E-state index < -0.39 is 17.8 Å². The fourth-order valence-electron chi connectivity index (χ4n) is 2.90. The number of hydrogen-bond acceptors (Lipinski definition) is 3. The third-order valence-corrected chi connectivity index (χ3v) is 4.16. The van der Waals surface area contributed by atoms with Crippen molar-refractivity contribution in [3.63, 3.8) is 0 Å². The quantitative estimate of drug-likeness (QED) is 0.914. The van der Waals surface area contributed by atoms with E-state index in [2.05, 4.69) is 5.10 Å². The number of benzene rings is 1. The number of nitrogens with zero attached hydrogens (tertiary/aromatic N) is 3. The Morgan fingerprint density at radius 3 is 2.79 bits per heavy atom. The minimum absolute atomic E-state index is 0.0103. The monoisotopic (exact) mass is 339 g/mol. The summed E-state index contributed by atoms with van der Waals surface area (Å²) >= 11 is 0. The van der Waals surface area contributed by atoms with Crippen LogP contribution < -0.4 is 4.90 Å². The standard InChI is InChI=1S/C16H16F3N3O2/c1-10-5-8-22(15-11(10)3-2-4-12(15)23)14(24)9-21-7-6-13(20-21)16(17,18)19/h2-4,6-7,10,23H,5,8-9H2,1H3. The molecule has 128 valence electrons. The predicted molar refractivity (Wildman–Crippen MR) is 80.7 cm³/mol. The number of hydrogen-bond donors (Lipinski definition) is 1. The number of para-hydroxylation sites is 1.